The van der Waals surface area contributed by atoms with Gasteiger partial charge in [0.05, 0.1) is 6.04 Å². The molecule has 2 aliphatic carbocycles. The van der Waals surface area contributed by atoms with Crippen molar-refractivity contribution < 1.29 is 28.8 Å². The van der Waals surface area contributed by atoms with Crippen LogP contribution in [0.4, 0.5) is 4.79 Å². The Morgan fingerprint density at radius 1 is 1.00 bits per heavy atom. The quantitative estimate of drug-likeness (QED) is 0.171. The number of hydrogen-bond acceptors (Lipinski definition) is 6. The SMILES string of the molecule is C=CCCC(NC(=O)[C@@H]1[C@@H]2[C@H](CN1C(=O)[C@@H](NC(=O)NC(C)(C)C)C1CCCCC1)C2(C)C)C(=O)C(=O)NCCC(=O)C(C)C. The molecule has 0 spiro atoms. The van der Waals surface area contributed by atoms with E-state index in [-0.39, 0.29) is 60.2 Å². The van der Waals surface area contributed by atoms with Crippen LogP contribution in [0.15, 0.2) is 12.7 Å². The minimum absolute atomic E-state index is 0.0243. The van der Waals surface area contributed by atoms with Crippen LogP contribution < -0.4 is 21.3 Å². The number of amides is 5. The summed E-state index contributed by atoms with van der Waals surface area (Å²) < 4.78 is 0. The van der Waals surface area contributed by atoms with Gasteiger partial charge in [-0.3, -0.25) is 24.0 Å². The number of likely N-dealkylation sites (tertiary alicyclic amines) is 1. The molecule has 4 N–H and O–H groups in total. The molecular weight excluding hydrogens is 574 g/mol. The van der Waals surface area contributed by atoms with E-state index >= 15 is 0 Å². The molecule has 0 radical (unpaired) electrons. The summed E-state index contributed by atoms with van der Waals surface area (Å²) in [6.07, 6.45) is 6.93. The van der Waals surface area contributed by atoms with Gasteiger partial charge in [-0.1, -0.05) is 53.0 Å². The predicted octanol–water partition coefficient (Wildman–Crippen LogP) is 3.27. The topological polar surface area (TPSA) is 154 Å². The molecule has 0 aromatic rings. The fourth-order valence-corrected chi connectivity index (χ4v) is 7.00. The molecule has 1 heterocycles. The Hall–Kier alpha value is -3.24. The molecule has 3 fully saturated rings. The third-order valence-corrected chi connectivity index (χ3v) is 9.74. The zero-order valence-corrected chi connectivity index (χ0v) is 28.3. The zero-order chi connectivity index (χ0) is 33.7. The van der Waals surface area contributed by atoms with Crippen molar-refractivity contribution in [3.63, 3.8) is 0 Å². The van der Waals surface area contributed by atoms with E-state index in [4.69, 9.17) is 0 Å². The second-order valence-corrected chi connectivity index (χ2v) is 15.0. The summed E-state index contributed by atoms with van der Waals surface area (Å²) in [7, 11) is 0. The molecule has 1 saturated heterocycles. The molecule has 1 unspecified atom stereocenters. The number of Topliss-reactive ketones (excluding diaryl/α,β-unsaturated/α-hetero) is 2. The maximum Gasteiger partial charge on any atom is 0.315 e. The van der Waals surface area contributed by atoms with Crippen LogP contribution in [0.5, 0.6) is 0 Å². The number of nitrogens with one attached hydrogen (secondary N) is 4. The normalized spacial score (nSPS) is 23.7. The number of urea groups is 1. The van der Waals surface area contributed by atoms with Crippen LogP contribution in [0.25, 0.3) is 0 Å². The van der Waals surface area contributed by atoms with Crippen LogP contribution >= 0.6 is 0 Å². The number of hydrogen-bond donors (Lipinski definition) is 4. The molecule has 1 aliphatic heterocycles. The second kappa shape index (κ2) is 14.9. The van der Waals surface area contributed by atoms with Crippen LogP contribution in [0, 0.1) is 29.1 Å². The van der Waals surface area contributed by atoms with Crippen molar-refractivity contribution in [2.24, 2.45) is 29.1 Å². The number of carbonyl (C=O) groups excluding carboxylic acids is 6. The summed E-state index contributed by atoms with van der Waals surface area (Å²) in [4.78, 5) is 80.8. The molecule has 3 aliphatic rings. The van der Waals surface area contributed by atoms with E-state index in [0.29, 0.717) is 13.0 Å². The van der Waals surface area contributed by atoms with Gasteiger partial charge in [-0.05, 0) is 69.6 Å². The van der Waals surface area contributed by atoms with Gasteiger partial charge in [-0.2, -0.15) is 0 Å². The van der Waals surface area contributed by atoms with Gasteiger partial charge in [0.2, 0.25) is 17.6 Å². The molecule has 5 amide bonds. The van der Waals surface area contributed by atoms with E-state index in [1.54, 1.807) is 24.8 Å². The first kappa shape index (κ1) is 36.2. The second-order valence-electron chi connectivity index (χ2n) is 15.0. The Morgan fingerprint density at radius 3 is 2.22 bits per heavy atom. The van der Waals surface area contributed by atoms with Gasteiger partial charge in [0.25, 0.3) is 5.91 Å². The minimum Gasteiger partial charge on any atom is -0.349 e. The lowest BCUT2D eigenvalue weighted by molar-refractivity contribution is -0.145. The number of ketones is 2. The molecule has 3 rings (SSSR count). The number of piperidine rings is 1. The van der Waals surface area contributed by atoms with Crippen molar-refractivity contribution in [3.05, 3.63) is 12.7 Å². The maximum atomic E-state index is 14.3. The summed E-state index contributed by atoms with van der Waals surface area (Å²) in [5, 5.41) is 11.2. The first-order valence-electron chi connectivity index (χ1n) is 16.6. The zero-order valence-electron chi connectivity index (χ0n) is 28.3. The predicted molar refractivity (Wildman–Crippen MR) is 172 cm³/mol. The van der Waals surface area contributed by atoms with Gasteiger partial charge >= 0.3 is 6.03 Å². The van der Waals surface area contributed by atoms with E-state index in [1.807, 2.05) is 20.8 Å². The number of allylic oxidation sites excluding steroid dienone is 1. The van der Waals surface area contributed by atoms with Gasteiger partial charge in [0, 0.05) is 31.0 Å². The van der Waals surface area contributed by atoms with Gasteiger partial charge in [0.15, 0.2) is 0 Å². The average Bonchev–Trinajstić information content (AvgIpc) is 3.28. The molecule has 2 saturated carbocycles. The number of fused-ring (bicyclic) bond motifs is 1. The summed E-state index contributed by atoms with van der Waals surface area (Å²) in [6, 6.07) is -3.14. The highest BCUT2D eigenvalue weighted by molar-refractivity contribution is 6.38. The van der Waals surface area contributed by atoms with Crippen molar-refractivity contribution in [3.8, 4) is 0 Å². The van der Waals surface area contributed by atoms with Gasteiger partial charge in [-0.15, -0.1) is 6.58 Å². The lowest BCUT2D eigenvalue weighted by atomic mass is 9.83. The third kappa shape index (κ3) is 9.16. The summed E-state index contributed by atoms with van der Waals surface area (Å²) in [6.45, 7) is 17.4. The Morgan fingerprint density at radius 2 is 1.64 bits per heavy atom. The summed E-state index contributed by atoms with van der Waals surface area (Å²) in [5.74, 6) is -2.67. The Bertz CT molecular complexity index is 1150. The van der Waals surface area contributed by atoms with E-state index in [9.17, 15) is 28.8 Å². The molecule has 5 atom stereocenters. The molecule has 0 aromatic carbocycles. The first-order chi connectivity index (χ1) is 21.0. The molecule has 11 heteroatoms. The van der Waals surface area contributed by atoms with Crippen molar-refractivity contribution in [2.75, 3.05) is 13.1 Å². The van der Waals surface area contributed by atoms with Crippen LogP contribution in [0.2, 0.25) is 0 Å². The summed E-state index contributed by atoms with van der Waals surface area (Å²) >= 11 is 0. The summed E-state index contributed by atoms with van der Waals surface area (Å²) in [5.41, 5.74) is -0.660. The Kier molecular flexibility index (Phi) is 12.0. The number of rotatable bonds is 14. The van der Waals surface area contributed by atoms with E-state index in [1.165, 1.54) is 0 Å². The van der Waals surface area contributed by atoms with E-state index in [0.717, 1.165) is 32.1 Å². The molecular formula is C34H55N5O6. The largest absolute Gasteiger partial charge is 0.349 e. The Labute approximate surface area is 268 Å². The smallest absolute Gasteiger partial charge is 0.315 e. The monoisotopic (exact) mass is 629 g/mol. The highest BCUT2D eigenvalue weighted by atomic mass is 16.2. The van der Waals surface area contributed by atoms with Crippen LogP contribution in [0.3, 0.4) is 0 Å². The van der Waals surface area contributed by atoms with Crippen LogP contribution in [0.1, 0.15) is 99.8 Å². The van der Waals surface area contributed by atoms with Crippen molar-refractivity contribution >= 4 is 35.3 Å². The lowest BCUT2D eigenvalue weighted by Gasteiger charge is -2.37. The number of carbonyl (C=O) groups is 6. The number of nitrogens with zero attached hydrogens (tertiary/aromatic N) is 1. The fraction of sp³-hybridized carbons (Fsp3) is 0.765. The molecule has 0 aromatic heterocycles. The van der Waals surface area contributed by atoms with E-state index in [2.05, 4.69) is 41.7 Å². The molecule has 252 valence electrons. The highest BCUT2D eigenvalue weighted by Gasteiger charge is 2.69. The van der Waals surface area contributed by atoms with Crippen molar-refractivity contribution in [1.82, 2.24) is 26.2 Å². The van der Waals surface area contributed by atoms with Crippen molar-refractivity contribution in [2.45, 2.75) is 123 Å². The average molecular weight is 630 g/mol. The molecule has 45 heavy (non-hydrogen) atoms. The highest BCUT2D eigenvalue weighted by Crippen LogP contribution is 2.65. The van der Waals surface area contributed by atoms with Crippen LogP contribution in [-0.4, -0.2) is 77.0 Å². The Balaban J connectivity index is 1.80. The molecule has 11 nitrogen and oxygen atoms in total. The standard InChI is InChI=1S/C34H55N5O6/c1-9-10-16-23(28(41)30(43)35-18-17-24(40)20(2)3)36-29(42)27-25-22(34(25,7)8)19-39(27)31(44)26(21-14-12-11-13-15-21)37-32(45)38-33(4,5)6/h9,20-23,25-27H,1,10-19H2,2-8H3,(H,35,43)(H,36,42)(H2,37,38,45)/t22-,23?,25-,26-,27-/m0/s1. The van der Waals surface area contributed by atoms with Gasteiger partial charge < -0.3 is 26.2 Å². The van der Waals surface area contributed by atoms with Crippen LogP contribution in [-0.2, 0) is 24.0 Å². The molecule has 0 bridgehead atoms. The fourth-order valence-electron chi connectivity index (χ4n) is 7.00. The van der Waals surface area contributed by atoms with E-state index < -0.39 is 47.3 Å². The van der Waals surface area contributed by atoms with Crippen molar-refractivity contribution in [1.29, 1.82) is 0 Å². The van der Waals surface area contributed by atoms with Gasteiger partial charge in [0.1, 0.15) is 17.9 Å². The lowest BCUT2D eigenvalue weighted by Crippen LogP contribution is -2.61. The first-order valence-corrected chi connectivity index (χ1v) is 16.6. The maximum absolute atomic E-state index is 14.3. The minimum atomic E-state index is -1.11. The van der Waals surface area contributed by atoms with Gasteiger partial charge in [-0.25, -0.2) is 4.79 Å². The third-order valence-electron chi connectivity index (χ3n) is 9.74.